The van der Waals surface area contributed by atoms with Crippen LogP contribution in [0.2, 0.25) is 0 Å². The molecule has 1 amide bonds. The summed E-state index contributed by atoms with van der Waals surface area (Å²) in [5, 5.41) is 12.5. The molecule has 3 rings (SSSR count). The van der Waals surface area contributed by atoms with Crippen LogP contribution in [0.25, 0.3) is 0 Å². The third-order valence-corrected chi connectivity index (χ3v) is 4.54. The number of benzene rings is 2. The Morgan fingerprint density at radius 1 is 1.29 bits per heavy atom. The lowest BCUT2D eigenvalue weighted by molar-refractivity contribution is -0.128. The van der Waals surface area contributed by atoms with Gasteiger partial charge in [0.2, 0.25) is 5.91 Å². The molecule has 0 aliphatic heterocycles. The van der Waals surface area contributed by atoms with Crippen LogP contribution in [0.15, 0.2) is 42.5 Å². The summed E-state index contributed by atoms with van der Waals surface area (Å²) < 4.78 is 18.3. The molecule has 0 unspecified atom stereocenters. The van der Waals surface area contributed by atoms with Gasteiger partial charge < -0.3 is 15.2 Å². The van der Waals surface area contributed by atoms with Crippen LogP contribution in [0, 0.1) is 11.7 Å². The molecule has 0 saturated heterocycles. The van der Waals surface area contributed by atoms with Crippen molar-refractivity contribution in [2.24, 2.45) is 5.92 Å². The molecule has 0 radical (unpaired) electrons. The van der Waals surface area contributed by atoms with Crippen LogP contribution in [-0.2, 0) is 11.3 Å². The molecule has 0 atom stereocenters. The van der Waals surface area contributed by atoms with E-state index < -0.39 is 0 Å². The normalized spacial score (nSPS) is 19.4. The van der Waals surface area contributed by atoms with E-state index in [0.717, 1.165) is 24.0 Å². The zero-order valence-corrected chi connectivity index (χ0v) is 13.5. The highest BCUT2D eigenvalue weighted by Crippen LogP contribution is 2.41. The van der Waals surface area contributed by atoms with E-state index in [1.165, 1.54) is 13.2 Å². The number of carbonyl (C=O) groups is 1. The number of halogens is 1. The van der Waals surface area contributed by atoms with Crippen molar-refractivity contribution >= 4 is 5.91 Å². The molecule has 4 nitrogen and oxygen atoms in total. The van der Waals surface area contributed by atoms with Gasteiger partial charge in [0.25, 0.3) is 0 Å². The molecular weight excluding hydrogens is 309 g/mol. The minimum Gasteiger partial charge on any atom is -0.504 e. The van der Waals surface area contributed by atoms with E-state index in [9.17, 15) is 14.3 Å². The SMILES string of the molecule is COc1cc(CNC(=O)C2CC(c3cccc(F)c3)C2)ccc1O. The molecule has 2 aromatic rings. The summed E-state index contributed by atoms with van der Waals surface area (Å²) in [5.41, 5.74) is 1.82. The van der Waals surface area contributed by atoms with Crippen molar-refractivity contribution in [1.29, 1.82) is 0 Å². The predicted octanol–water partition coefficient (Wildman–Crippen LogP) is 3.35. The summed E-state index contributed by atoms with van der Waals surface area (Å²) in [5.74, 6) is 0.458. The largest absolute Gasteiger partial charge is 0.504 e. The number of methoxy groups -OCH3 is 1. The number of nitrogens with one attached hydrogen (secondary N) is 1. The van der Waals surface area contributed by atoms with Crippen LogP contribution in [0.5, 0.6) is 11.5 Å². The molecule has 2 aromatic carbocycles. The quantitative estimate of drug-likeness (QED) is 0.884. The summed E-state index contributed by atoms with van der Waals surface area (Å²) in [4.78, 5) is 12.2. The third kappa shape index (κ3) is 3.50. The van der Waals surface area contributed by atoms with Gasteiger partial charge in [-0.2, -0.15) is 0 Å². The Morgan fingerprint density at radius 3 is 2.79 bits per heavy atom. The third-order valence-electron chi connectivity index (χ3n) is 4.54. The average molecular weight is 329 g/mol. The van der Waals surface area contributed by atoms with Crippen molar-refractivity contribution in [2.45, 2.75) is 25.3 Å². The molecule has 1 fully saturated rings. The minimum absolute atomic E-state index is 0.00898. The van der Waals surface area contributed by atoms with Crippen molar-refractivity contribution < 1.29 is 19.0 Å². The second kappa shape index (κ2) is 6.91. The van der Waals surface area contributed by atoms with Gasteiger partial charge in [-0.25, -0.2) is 4.39 Å². The number of hydrogen-bond acceptors (Lipinski definition) is 3. The predicted molar refractivity (Wildman–Crippen MR) is 88.4 cm³/mol. The Labute approximate surface area is 140 Å². The molecule has 1 aliphatic rings. The summed E-state index contributed by atoms with van der Waals surface area (Å²) in [6.45, 7) is 0.386. The number of phenolic OH excluding ortho intramolecular Hbond substituents is 1. The van der Waals surface area contributed by atoms with Crippen molar-refractivity contribution in [2.75, 3.05) is 7.11 Å². The Hall–Kier alpha value is -2.56. The molecule has 5 heteroatoms. The van der Waals surface area contributed by atoms with Gasteiger partial charge >= 0.3 is 0 Å². The Balaban J connectivity index is 1.50. The van der Waals surface area contributed by atoms with E-state index in [-0.39, 0.29) is 29.3 Å². The number of phenols is 1. The van der Waals surface area contributed by atoms with E-state index in [4.69, 9.17) is 4.74 Å². The maximum absolute atomic E-state index is 13.2. The Morgan fingerprint density at radius 2 is 2.08 bits per heavy atom. The standard InChI is InChI=1S/C19H20FNO3/c1-24-18-7-12(5-6-17(18)22)11-21-19(23)15-8-14(9-15)13-3-2-4-16(20)10-13/h2-7,10,14-15,22H,8-9,11H2,1H3,(H,21,23). The smallest absolute Gasteiger partial charge is 0.223 e. The molecule has 126 valence electrons. The topological polar surface area (TPSA) is 58.6 Å². The van der Waals surface area contributed by atoms with Crippen LogP contribution >= 0.6 is 0 Å². The Bertz CT molecular complexity index is 741. The maximum Gasteiger partial charge on any atom is 0.223 e. The minimum atomic E-state index is -0.235. The maximum atomic E-state index is 13.2. The number of rotatable bonds is 5. The second-order valence-electron chi connectivity index (χ2n) is 6.14. The van der Waals surface area contributed by atoms with Crippen LogP contribution < -0.4 is 10.1 Å². The van der Waals surface area contributed by atoms with Crippen molar-refractivity contribution in [3.63, 3.8) is 0 Å². The van der Waals surface area contributed by atoms with Crippen LogP contribution in [0.4, 0.5) is 4.39 Å². The van der Waals surface area contributed by atoms with Crippen LogP contribution in [0.1, 0.15) is 29.9 Å². The number of carbonyl (C=O) groups excluding carboxylic acids is 1. The molecule has 0 spiro atoms. The molecule has 0 bridgehead atoms. The summed E-state index contributed by atoms with van der Waals surface area (Å²) >= 11 is 0. The fourth-order valence-corrected chi connectivity index (χ4v) is 3.03. The van der Waals surface area contributed by atoms with Gasteiger partial charge in [0.1, 0.15) is 5.82 Å². The summed E-state index contributed by atoms with van der Waals surface area (Å²) in [7, 11) is 1.48. The zero-order valence-electron chi connectivity index (χ0n) is 13.5. The highest BCUT2D eigenvalue weighted by Gasteiger charge is 2.35. The zero-order chi connectivity index (χ0) is 17.1. The average Bonchev–Trinajstić information content (AvgIpc) is 2.53. The van der Waals surface area contributed by atoms with E-state index in [0.29, 0.717) is 12.3 Å². The van der Waals surface area contributed by atoms with Gasteiger partial charge in [0.15, 0.2) is 11.5 Å². The van der Waals surface area contributed by atoms with E-state index in [2.05, 4.69) is 5.32 Å². The lowest BCUT2D eigenvalue weighted by Crippen LogP contribution is -2.37. The first kappa shape index (κ1) is 16.3. The van der Waals surface area contributed by atoms with E-state index in [1.807, 2.05) is 6.07 Å². The first-order valence-corrected chi connectivity index (χ1v) is 7.96. The summed E-state index contributed by atoms with van der Waals surface area (Å²) in [6.07, 6.45) is 1.49. The van der Waals surface area contributed by atoms with Gasteiger partial charge in [-0.3, -0.25) is 4.79 Å². The van der Waals surface area contributed by atoms with Gasteiger partial charge in [0, 0.05) is 12.5 Å². The number of aromatic hydroxyl groups is 1. The van der Waals surface area contributed by atoms with Crippen LogP contribution in [0.3, 0.4) is 0 Å². The molecule has 1 aliphatic carbocycles. The van der Waals surface area contributed by atoms with Gasteiger partial charge in [-0.15, -0.1) is 0 Å². The van der Waals surface area contributed by atoms with Crippen molar-refractivity contribution in [3.05, 3.63) is 59.4 Å². The van der Waals surface area contributed by atoms with Gasteiger partial charge in [-0.1, -0.05) is 18.2 Å². The fourth-order valence-electron chi connectivity index (χ4n) is 3.03. The number of ether oxygens (including phenoxy) is 1. The lowest BCUT2D eigenvalue weighted by atomic mass is 9.71. The van der Waals surface area contributed by atoms with Crippen LogP contribution in [-0.4, -0.2) is 18.1 Å². The van der Waals surface area contributed by atoms with Gasteiger partial charge in [-0.05, 0) is 54.2 Å². The Kier molecular flexibility index (Phi) is 4.69. The first-order valence-electron chi connectivity index (χ1n) is 7.96. The monoisotopic (exact) mass is 329 g/mol. The number of hydrogen-bond donors (Lipinski definition) is 2. The summed E-state index contributed by atoms with van der Waals surface area (Å²) in [6, 6.07) is 11.6. The van der Waals surface area contributed by atoms with Gasteiger partial charge in [0.05, 0.1) is 7.11 Å². The highest BCUT2D eigenvalue weighted by molar-refractivity contribution is 5.79. The van der Waals surface area contributed by atoms with E-state index in [1.54, 1.807) is 30.3 Å². The first-order chi connectivity index (χ1) is 11.6. The van der Waals surface area contributed by atoms with Crippen molar-refractivity contribution in [3.8, 4) is 11.5 Å². The molecule has 24 heavy (non-hydrogen) atoms. The molecule has 1 saturated carbocycles. The fraction of sp³-hybridized carbons (Fsp3) is 0.316. The molecule has 0 aromatic heterocycles. The molecule has 2 N–H and O–H groups in total. The lowest BCUT2D eigenvalue weighted by Gasteiger charge is -2.34. The number of amides is 1. The molecular formula is C19H20FNO3. The van der Waals surface area contributed by atoms with E-state index >= 15 is 0 Å². The second-order valence-corrected chi connectivity index (χ2v) is 6.14. The van der Waals surface area contributed by atoms with Crippen molar-refractivity contribution in [1.82, 2.24) is 5.32 Å². The highest BCUT2D eigenvalue weighted by atomic mass is 19.1. The molecule has 0 heterocycles.